The van der Waals surface area contributed by atoms with Gasteiger partial charge in [0.1, 0.15) is 18.2 Å². The Morgan fingerprint density at radius 3 is 3.00 bits per heavy atom. The molecule has 0 bridgehead atoms. The molecule has 1 fully saturated rings. The van der Waals surface area contributed by atoms with Crippen molar-refractivity contribution in [3.8, 4) is 28.9 Å². The number of nitrogens with one attached hydrogen (secondary N) is 1. The molecule has 160 valence electrons. The summed E-state index contributed by atoms with van der Waals surface area (Å²) in [5.41, 5.74) is 2.28. The molecule has 1 amide bonds. The molecule has 2 aromatic heterocycles. The number of carbonyl (C=O) groups excluding carboxylic acids is 1. The van der Waals surface area contributed by atoms with Gasteiger partial charge < -0.3 is 19.5 Å². The molecule has 1 atom stereocenters. The van der Waals surface area contributed by atoms with Gasteiger partial charge in [0, 0.05) is 30.1 Å². The highest BCUT2D eigenvalue weighted by Gasteiger charge is 2.49. The molecular formula is C22H17N5O5. The van der Waals surface area contributed by atoms with E-state index in [4.69, 9.17) is 14.9 Å². The van der Waals surface area contributed by atoms with Gasteiger partial charge in [0.15, 0.2) is 0 Å². The number of hydrogen-bond donors (Lipinski definition) is 2. The number of nitriles is 1. The van der Waals surface area contributed by atoms with E-state index in [1.165, 1.54) is 17.2 Å². The summed E-state index contributed by atoms with van der Waals surface area (Å²) >= 11 is 0. The van der Waals surface area contributed by atoms with Crippen molar-refractivity contribution in [3.63, 3.8) is 0 Å². The summed E-state index contributed by atoms with van der Waals surface area (Å²) in [5.74, 6) is -0.644. The first-order valence-corrected chi connectivity index (χ1v) is 9.99. The van der Waals surface area contributed by atoms with Crippen LogP contribution in [0.4, 0.5) is 0 Å². The van der Waals surface area contributed by atoms with Crippen molar-refractivity contribution in [1.82, 2.24) is 20.0 Å². The number of likely N-dealkylation sites (tertiary alicyclic amines) is 1. The first-order chi connectivity index (χ1) is 15.4. The van der Waals surface area contributed by atoms with Crippen LogP contribution in [0, 0.1) is 11.3 Å². The Morgan fingerprint density at radius 2 is 2.22 bits per heavy atom. The zero-order valence-corrected chi connectivity index (χ0v) is 16.8. The Morgan fingerprint density at radius 1 is 1.38 bits per heavy atom. The molecule has 3 aromatic rings. The minimum Gasteiger partial charge on any atom is -0.480 e. The average Bonchev–Trinajstić information content (AvgIpc) is 3.47. The minimum absolute atomic E-state index is 0.0541. The fourth-order valence-corrected chi connectivity index (χ4v) is 4.77. The molecule has 32 heavy (non-hydrogen) atoms. The number of rotatable bonds is 4. The number of carbonyl (C=O) groups is 2. The van der Waals surface area contributed by atoms with Gasteiger partial charge in [-0.3, -0.25) is 14.4 Å². The topological polar surface area (TPSA) is 153 Å². The predicted octanol–water partition coefficient (Wildman–Crippen LogP) is 1.46. The van der Waals surface area contributed by atoms with Gasteiger partial charge in [-0.15, -0.1) is 0 Å². The van der Waals surface area contributed by atoms with Gasteiger partial charge in [-0.1, -0.05) is 23.4 Å². The second-order valence-corrected chi connectivity index (χ2v) is 8.10. The lowest BCUT2D eigenvalue weighted by molar-refractivity contribution is -0.142. The number of carboxylic acids is 1. The van der Waals surface area contributed by atoms with Crippen molar-refractivity contribution in [2.45, 2.75) is 24.7 Å². The molecule has 10 heteroatoms. The second-order valence-electron chi connectivity index (χ2n) is 8.10. The normalized spacial score (nSPS) is 19.3. The predicted molar refractivity (Wildman–Crippen MR) is 109 cm³/mol. The lowest BCUT2D eigenvalue weighted by Crippen LogP contribution is -2.33. The average molecular weight is 431 g/mol. The number of H-pyrrole nitrogens is 1. The molecule has 2 aliphatic rings. The number of fused-ring (bicyclic) bond motifs is 2. The lowest BCUT2D eigenvalue weighted by Gasteiger charge is -2.24. The van der Waals surface area contributed by atoms with E-state index < -0.39 is 16.9 Å². The van der Waals surface area contributed by atoms with E-state index in [1.54, 1.807) is 0 Å². The molecule has 1 aromatic carbocycles. The molecular weight excluding hydrogens is 414 g/mol. The number of carboxylic acid groups (broad SMARTS) is 1. The molecule has 5 rings (SSSR count). The Kier molecular flexibility index (Phi) is 4.41. The van der Waals surface area contributed by atoms with E-state index in [2.05, 4.69) is 15.1 Å². The van der Waals surface area contributed by atoms with E-state index in [0.29, 0.717) is 24.4 Å². The van der Waals surface area contributed by atoms with Crippen LogP contribution in [0.3, 0.4) is 0 Å². The van der Waals surface area contributed by atoms with Crippen LogP contribution in [-0.2, 0) is 21.4 Å². The number of aromatic amines is 1. The number of hydrogen-bond acceptors (Lipinski definition) is 7. The van der Waals surface area contributed by atoms with Gasteiger partial charge in [0.05, 0.1) is 5.56 Å². The number of amides is 1. The van der Waals surface area contributed by atoms with Crippen LogP contribution >= 0.6 is 0 Å². The molecule has 1 aliphatic carbocycles. The highest BCUT2D eigenvalue weighted by atomic mass is 16.5. The summed E-state index contributed by atoms with van der Waals surface area (Å²) in [4.78, 5) is 43.5. The standard InChI is InChI=1S/C22H17N5O5/c23-8-12-6-13(9-24-20(12)31)21-25-19(26-32-21)15-2-1-3-16-14(15)4-5-22(16)7-17(28)27(11-22)10-18(29)30/h1-3,6,9H,4-5,7,10-11H2,(H,24,31)(H,29,30). The quantitative estimate of drug-likeness (QED) is 0.629. The molecule has 0 saturated carbocycles. The van der Waals surface area contributed by atoms with Gasteiger partial charge in [-0.2, -0.15) is 10.2 Å². The van der Waals surface area contributed by atoms with E-state index in [9.17, 15) is 14.4 Å². The smallest absolute Gasteiger partial charge is 0.323 e. The third-order valence-electron chi connectivity index (χ3n) is 6.20. The van der Waals surface area contributed by atoms with Crippen LogP contribution in [0.15, 0.2) is 39.8 Å². The van der Waals surface area contributed by atoms with E-state index >= 15 is 0 Å². The van der Waals surface area contributed by atoms with Crippen molar-refractivity contribution in [2.24, 2.45) is 0 Å². The molecule has 1 unspecified atom stereocenters. The highest BCUT2D eigenvalue weighted by molar-refractivity contribution is 5.85. The monoisotopic (exact) mass is 431 g/mol. The molecule has 1 aliphatic heterocycles. The second kappa shape index (κ2) is 7.16. The van der Waals surface area contributed by atoms with Gasteiger partial charge in [0.25, 0.3) is 11.4 Å². The Bertz CT molecular complexity index is 1370. The van der Waals surface area contributed by atoms with Crippen molar-refractivity contribution in [2.75, 3.05) is 13.1 Å². The lowest BCUT2D eigenvalue weighted by atomic mass is 9.80. The largest absolute Gasteiger partial charge is 0.480 e. The van der Waals surface area contributed by atoms with Gasteiger partial charge in [0.2, 0.25) is 11.7 Å². The van der Waals surface area contributed by atoms with E-state index in [0.717, 1.165) is 23.1 Å². The molecule has 10 nitrogen and oxygen atoms in total. The van der Waals surface area contributed by atoms with Crippen LogP contribution in [0.5, 0.6) is 0 Å². The number of aromatic nitrogens is 3. The van der Waals surface area contributed by atoms with E-state index in [-0.39, 0.29) is 30.3 Å². The molecule has 3 heterocycles. The summed E-state index contributed by atoms with van der Waals surface area (Å²) in [5, 5.41) is 22.3. The van der Waals surface area contributed by atoms with Gasteiger partial charge in [-0.25, -0.2) is 0 Å². The molecule has 1 saturated heterocycles. The van der Waals surface area contributed by atoms with Crippen molar-refractivity contribution >= 4 is 11.9 Å². The Balaban J connectivity index is 1.50. The maximum atomic E-state index is 12.4. The number of aliphatic carboxylic acids is 1. The zero-order valence-electron chi connectivity index (χ0n) is 16.8. The number of benzene rings is 1. The summed E-state index contributed by atoms with van der Waals surface area (Å²) in [6, 6.07) is 8.94. The third-order valence-corrected chi connectivity index (χ3v) is 6.20. The van der Waals surface area contributed by atoms with Gasteiger partial charge in [-0.05, 0) is 30.0 Å². The summed E-state index contributed by atoms with van der Waals surface area (Å²) in [6.07, 6.45) is 3.13. The molecule has 2 N–H and O–H groups in total. The fourth-order valence-electron chi connectivity index (χ4n) is 4.77. The van der Waals surface area contributed by atoms with Crippen LogP contribution < -0.4 is 5.56 Å². The van der Waals surface area contributed by atoms with Crippen LogP contribution in [0.1, 0.15) is 29.5 Å². The van der Waals surface area contributed by atoms with Crippen molar-refractivity contribution < 1.29 is 19.2 Å². The van der Waals surface area contributed by atoms with Crippen LogP contribution in [0.2, 0.25) is 0 Å². The zero-order chi connectivity index (χ0) is 22.5. The highest BCUT2D eigenvalue weighted by Crippen LogP contribution is 2.48. The SMILES string of the molecule is N#Cc1cc(-c2nc(-c3cccc4c3CCC43CC(=O)N(CC(=O)O)C3)no2)c[nH]c1=O. The maximum Gasteiger partial charge on any atom is 0.323 e. The Labute approximate surface area is 181 Å². The molecule has 0 radical (unpaired) electrons. The summed E-state index contributed by atoms with van der Waals surface area (Å²) < 4.78 is 5.38. The summed E-state index contributed by atoms with van der Waals surface area (Å²) in [7, 11) is 0. The minimum atomic E-state index is -1.02. The van der Waals surface area contributed by atoms with Crippen molar-refractivity contribution in [3.05, 3.63) is 57.5 Å². The first-order valence-electron chi connectivity index (χ1n) is 9.99. The molecule has 1 spiro atoms. The van der Waals surface area contributed by atoms with E-state index in [1.807, 2.05) is 24.3 Å². The van der Waals surface area contributed by atoms with Gasteiger partial charge >= 0.3 is 5.97 Å². The number of nitrogens with zero attached hydrogens (tertiary/aromatic N) is 4. The first kappa shape index (κ1) is 19.7. The maximum absolute atomic E-state index is 12.4. The third kappa shape index (κ3) is 3.06. The van der Waals surface area contributed by atoms with Crippen LogP contribution in [0.25, 0.3) is 22.8 Å². The van der Waals surface area contributed by atoms with Crippen molar-refractivity contribution in [1.29, 1.82) is 5.26 Å². The fraction of sp³-hybridized carbons (Fsp3) is 0.273. The Hall–Kier alpha value is -4.26. The summed E-state index contributed by atoms with van der Waals surface area (Å²) in [6.45, 7) is 0.0774. The number of pyridine rings is 1. The van der Waals surface area contributed by atoms with Crippen LogP contribution in [-0.4, -0.2) is 50.1 Å².